The topological polar surface area (TPSA) is 191 Å². The van der Waals surface area contributed by atoms with Gasteiger partial charge in [-0.3, -0.25) is 13.7 Å². The Morgan fingerprint density at radius 3 is 1.79 bits per heavy atom. The first-order chi connectivity index (χ1) is 20.3. The fraction of sp³-hybridized carbons (Fsp3) is 1.00. The third-order valence-electron chi connectivity index (χ3n) is 13.0. The molecule has 12 nitrogen and oxygen atoms in total. The molecular formula is C30H54Na3O12S3+3. The zero-order chi connectivity index (χ0) is 34.0. The Morgan fingerprint density at radius 2 is 1.27 bits per heavy atom. The van der Waals surface area contributed by atoms with Crippen molar-refractivity contribution in [3.8, 4) is 0 Å². The molecule has 0 spiro atoms. The minimum atomic E-state index is -5.02. The molecule has 0 saturated heterocycles. The van der Waals surface area contributed by atoms with E-state index < -0.39 is 60.7 Å². The van der Waals surface area contributed by atoms with Crippen LogP contribution in [0.4, 0.5) is 0 Å². The molecule has 18 heteroatoms. The predicted molar refractivity (Wildman–Crippen MR) is 167 cm³/mol. The summed E-state index contributed by atoms with van der Waals surface area (Å²) in [5, 5.41) is 0. The van der Waals surface area contributed by atoms with E-state index in [9.17, 15) is 38.9 Å². The van der Waals surface area contributed by atoms with Crippen molar-refractivity contribution < 1.29 is 140 Å². The van der Waals surface area contributed by atoms with Crippen LogP contribution in [0.5, 0.6) is 0 Å². The molecule has 0 aromatic heterocycles. The van der Waals surface area contributed by atoms with E-state index in [1.807, 2.05) is 6.92 Å². The van der Waals surface area contributed by atoms with Crippen LogP contribution in [0, 0.1) is 63.6 Å². The number of fused-ring (bicyclic) bond motifs is 5. The molecule has 0 aliphatic heterocycles. The molecule has 0 heterocycles. The summed E-state index contributed by atoms with van der Waals surface area (Å²) in [6, 6.07) is 0. The number of rotatable bonds is 11. The molecule has 48 heavy (non-hydrogen) atoms. The Morgan fingerprint density at radius 1 is 0.729 bits per heavy atom. The van der Waals surface area contributed by atoms with Crippen LogP contribution in [-0.4, -0.2) is 57.7 Å². The maximum atomic E-state index is 11.8. The molecule has 4 aliphatic carbocycles. The zero-order valence-electron chi connectivity index (χ0n) is 30.6. The average Bonchev–Trinajstić information content (AvgIpc) is 3.21. The minimum Gasteiger partial charge on any atom is -0.264 e. The van der Waals surface area contributed by atoms with Gasteiger partial charge in [0.05, 0.1) is 6.61 Å². The molecule has 0 amide bonds. The molecule has 0 bridgehead atoms. The summed E-state index contributed by atoms with van der Waals surface area (Å²) in [4.78, 5) is 0. The summed E-state index contributed by atoms with van der Waals surface area (Å²) >= 11 is 0. The van der Waals surface area contributed by atoms with Crippen LogP contribution in [-0.2, 0) is 43.7 Å². The van der Waals surface area contributed by atoms with E-state index in [0.717, 1.165) is 38.5 Å². The van der Waals surface area contributed by atoms with Crippen LogP contribution in [0.2, 0.25) is 0 Å². The van der Waals surface area contributed by atoms with Crippen LogP contribution < -0.4 is 88.7 Å². The summed E-state index contributed by atoms with van der Waals surface area (Å²) in [7, 11) is -14.8. The van der Waals surface area contributed by atoms with Crippen molar-refractivity contribution in [2.75, 3.05) is 6.61 Å². The van der Waals surface area contributed by atoms with Crippen LogP contribution in [0.15, 0.2) is 0 Å². The van der Waals surface area contributed by atoms with Gasteiger partial charge in [0.15, 0.2) is 0 Å². The average molecular weight is 772 g/mol. The van der Waals surface area contributed by atoms with Crippen molar-refractivity contribution in [1.29, 1.82) is 0 Å². The summed E-state index contributed by atoms with van der Waals surface area (Å²) in [5.41, 5.74) is -0.355. The monoisotopic (exact) mass is 771 g/mol. The van der Waals surface area contributed by atoms with Crippen molar-refractivity contribution >= 4 is 31.2 Å². The third-order valence-corrected chi connectivity index (χ3v) is 14.4. The van der Waals surface area contributed by atoms with Gasteiger partial charge >= 0.3 is 120 Å². The summed E-state index contributed by atoms with van der Waals surface area (Å²) in [5.74, 6) is 1.37. The number of hydrogen-bond acceptors (Lipinski definition) is 9. The minimum absolute atomic E-state index is 0. The van der Waals surface area contributed by atoms with E-state index in [-0.39, 0.29) is 131 Å². The third kappa shape index (κ3) is 11.6. The van der Waals surface area contributed by atoms with Crippen molar-refractivity contribution in [2.45, 2.75) is 118 Å². The second kappa shape index (κ2) is 17.6. The molecule has 12 atom stereocenters. The van der Waals surface area contributed by atoms with Gasteiger partial charge in [0.25, 0.3) is 0 Å². The second-order valence-corrected chi connectivity index (χ2v) is 19.5. The fourth-order valence-corrected chi connectivity index (χ4v) is 11.8. The van der Waals surface area contributed by atoms with Crippen LogP contribution in [0.25, 0.3) is 0 Å². The van der Waals surface area contributed by atoms with Gasteiger partial charge in [0.1, 0.15) is 12.2 Å². The van der Waals surface area contributed by atoms with Gasteiger partial charge in [-0.2, -0.15) is 25.3 Å². The first-order valence-corrected chi connectivity index (χ1v) is 20.4. The normalized spacial score (nSPS) is 38.1. The SMILES string of the molecule is CC(CC[C@@H](C)C1CCC2C3C[C@H](COS(=O)(=O)O)C4C[C@H](OS(=O)(=O)O)[C@@H](OS(=O)(=O)O)C[C@]4(C)C3CC[C@@]21C)C(C)(C)C.[Na+].[Na+].[Na+]. The van der Waals surface area contributed by atoms with E-state index in [1.165, 1.54) is 0 Å². The Balaban J connectivity index is 0.00000384. The quantitative estimate of drug-likeness (QED) is 0.141. The molecule has 0 radical (unpaired) electrons. The first-order valence-electron chi connectivity index (χ1n) is 16.3. The van der Waals surface area contributed by atoms with E-state index >= 15 is 0 Å². The molecule has 4 saturated carbocycles. The Hall–Kier alpha value is 2.61. The van der Waals surface area contributed by atoms with E-state index in [0.29, 0.717) is 30.1 Å². The maximum Gasteiger partial charge on any atom is 1.00 e. The Kier molecular flexibility index (Phi) is 17.8. The standard InChI is InChI=1S/C30H54O12S3.3Na/c1-18(8-9-19(2)28(3,4)5)22-10-11-23-21-14-20(17-40-43(31,32)33)25-15-26(41-44(34,35)36)27(42-45(37,38)39)16-30(25,7)24(21)12-13-29(22,23)6;;;/h18-27H,8-17H2,1-7H3,(H,31,32,33)(H,34,35,36)(H,37,38,39);;;/q;3*+1/t18-,19?,20-,21?,22?,23?,24?,25?,26+,27+,29-,30-;;;/m1.../s1. The van der Waals surface area contributed by atoms with E-state index in [2.05, 4.69) is 41.5 Å². The van der Waals surface area contributed by atoms with E-state index in [4.69, 9.17) is 12.5 Å². The fourth-order valence-electron chi connectivity index (χ4n) is 10.5. The van der Waals surface area contributed by atoms with E-state index in [1.54, 1.807) is 0 Å². The van der Waals surface area contributed by atoms with Crippen molar-refractivity contribution in [3.05, 3.63) is 0 Å². The van der Waals surface area contributed by atoms with Crippen LogP contribution in [0.3, 0.4) is 0 Å². The molecule has 0 aromatic carbocycles. The molecule has 4 fully saturated rings. The van der Waals surface area contributed by atoms with Gasteiger partial charge in [-0.25, -0.2) is 12.5 Å². The van der Waals surface area contributed by atoms with Gasteiger partial charge in [-0.05, 0) is 115 Å². The van der Waals surface area contributed by atoms with Crippen LogP contribution in [0.1, 0.15) is 106 Å². The molecule has 3 N–H and O–H groups in total. The van der Waals surface area contributed by atoms with Crippen molar-refractivity contribution in [2.24, 2.45) is 63.6 Å². The zero-order valence-corrected chi connectivity index (χ0v) is 39.0. The van der Waals surface area contributed by atoms with Gasteiger partial charge in [-0.15, -0.1) is 0 Å². The Bertz CT molecular complexity index is 1410. The van der Waals surface area contributed by atoms with Gasteiger partial charge in [0.2, 0.25) is 0 Å². The van der Waals surface area contributed by atoms with Crippen LogP contribution >= 0.6 is 0 Å². The molecule has 6 unspecified atom stereocenters. The second-order valence-electron chi connectivity index (χ2n) is 16.3. The van der Waals surface area contributed by atoms with Gasteiger partial charge in [0, 0.05) is 0 Å². The Labute approximate surface area is 355 Å². The molecule has 264 valence electrons. The smallest absolute Gasteiger partial charge is 0.264 e. The summed E-state index contributed by atoms with van der Waals surface area (Å²) in [6.07, 6.45) is 3.89. The molecule has 4 aliphatic rings. The van der Waals surface area contributed by atoms with Gasteiger partial charge in [-0.1, -0.05) is 54.9 Å². The van der Waals surface area contributed by atoms with Crippen molar-refractivity contribution in [1.82, 2.24) is 0 Å². The summed E-state index contributed by atoms with van der Waals surface area (Å²) in [6.45, 7) is 15.6. The van der Waals surface area contributed by atoms with Crippen molar-refractivity contribution in [3.63, 3.8) is 0 Å². The maximum absolute atomic E-state index is 11.8. The summed E-state index contributed by atoms with van der Waals surface area (Å²) < 4.78 is 114. The molecule has 4 rings (SSSR count). The molecular weight excluding hydrogens is 717 g/mol. The number of hydrogen-bond donors (Lipinski definition) is 3. The molecule has 0 aromatic rings. The predicted octanol–water partition coefficient (Wildman–Crippen LogP) is -3.21. The largest absolute Gasteiger partial charge is 1.00 e. The van der Waals surface area contributed by atoms with Gasteiger partial charge < -0.3 is 0 Å². The first kappa shape index (κ1) is 48.6.